The summed E-state index contributed by atoms with van der Waals surface area (Å²) in [5.41, 5.74) is 1.71. The van der Waals surface area contributed by atoms with E-state index in [2.05, 4.69) is 26.5 Å². The lowest BCUT2D eigenvalue weighted by Gasteiger charge is -2.51. The molecule has 3 heteroatoms. The maximum Gasteiger partial charge on any atom is 0.334 e. The van der Waals surface area contributed by atoms with Gasteiger partial charge in [0.1, 0.15) is 6.10 Å². The van der Waals surface area contributed by atoms with Gasteiger partial charge in [-0.1, -0.05) is 25.2 Å². The van der Waals surface area contributed by atoms with Crippen LogP contribution in [-0.2, 0) is 9.53 Å². The third-order valence-corrected chi connectivity index (χ3v) is 5.30. The van der Waals surface area contributed by atoms with E-state index in [0.29, 0.717) is 12.0 Å². The lowest BCUT2D eigenvalue weighted by Crippen LogP contribution is -2.52. The lowest BCUT2D eigenvalue weighted by molar-refractivity contribution is -0.149. The van der Waals surface area contributed by atoms with Crippen molar-refractivity contribution >= 4 is 5.97 Å². The van der Waals surface area contributed by atoms with E-state index in [1.807, 2.05) is 0 Å². The summed E-state index contributed by atoms with van der Waals surface area (Å²) in [4.78, 5) is 11.7. The summed E-state index contributed by atoms with van der Waals surface area (Å²) in [5, 5.41) is 10.3. The quantitative estimate of drug-likeness (QED) is 0.406. The van der Waals surface area contributed by atoms with Gasteiger partial charge in [0.15, 0.2) is 0 Å². The van der Waals surface area contributed by atoms with Crippen LogP contribution in [0.25, 0.3) is 0 Å². The van der Waals surface area contributed by atoms with Crippen LogP contribution in [0.2, 0.25) is 0 Å². The van der Waals surface area contributed by atoms with E-state index < -0.39 is 0 Å². The fourth-order valence-corrected chi connectivity index (χ4v) is 4.11. The molecule has 0 aromatic rings. The summed E-state index contributed by atoms with van der Waals surface area (Å²) in [7, 11) is 0. The van der Waals surface area contributed by atoms with Crippen molar-refractivity contribution in [2.45, 2.75) is 45.3 Å². The number of carbonyl (C=O) groups excluding carboxylic acids is 1. The van der Waals surface area contributed by atoms with Crippen LogP contribution in [0.15, 0.2) is 23.8 Å². The van der Waals surface area contributed by atoms with Crippen molar-refractivity contribution in [3.63, 3.8) is 0 Å². The van der Waals surface area contributed by atoms with Gasteiger partial charge in [0.25, 0.3) is 0 Å². The molecule has 2 fully saturated rings. The van der Waals surface area contributed by atoms with Gasteiger partial charge >= 0.3 is 5.97 Å². The SMILES string of the molecule is C=C1C(=O)O[C@H]2[C@@H]1CC[C@]1(C)[C@@H]2C(C)=CC[C@@H]1O. The van der Waals surface area contributed by atoms with Gasteiger partial charge in [0.05, 0.1) is 6.10 Å². The molecule has 3 aliphatic rings. The van der Waals surface area contributed by atoms with Crippen LogP contribution in [0.4, 0.5) is 0 Å². The molecule has 3 rings (SSSR count). The van der Waals surface area contributed by atoms with Crippen molar-refractivity contribution < 1.29 is 14.6 Å². The van der Waals surface area contributed by atoms with Gasteiger partial charge < -0.3 is 9.84 Å². The third-order valence-electron chi connectivity index (χ3n) is 5.30. The van der Waals surface area contributed by atoms with Gasteiger partial charge in [-0.2, -0.15) is 0 Å². The summed E-state index contributed by atoms with van der Waals surface area (Å²) in [6, 6.07) is 0. The van der Waals surface area contributed by atoms with Crippen LogP contribution >= 0.6 is 0 Å². The predicted molar refractivity (Wildman–Crippen MR) is 67.7 cm³/mol. The van der Waals surface area contributed by atoms with E-state index in [0.717, 1.165) is 12.8 Å². The number of rotatable bonds is 0. The van der Waals surface area contributed by atoms with Crippen LogP contribution in [0.5, 0.6) is 0 Å². The Morgan fingerprint density at radius 2 is 2.28 bits per heavy atom. The average Bonchev–Trinajstić information content (AvgIpc) is 2.60. The molecule has 0 amide bonds. The summed E-state index contributed by atoms with van der Waals surface area (Å²) in [5.74, 6) is 0.0366. The van der Waals surface area contributed by atoms with Gasteiger partial charge in [-0.05, 0) is 26.2 Å². The predicted octanol–water partition coefficient (Wildman–Crippen LogP) is 2.21. The molecule has 1 saturated heterocycles. The first-order valence-electron chi connectivity index (χ1n) is 6.69. The Bertz CT molecular complexity index is 451. The molecule has 0 radical (unpaired) electrons. The molecule has 1 aliphatic heterocycles. The van der Waals surface area contributed by atoms with Crippen LogP contribution in [0, 0.1) is 17.3 Å². The largest absolute Gasteiger partial charge is 0.458 e. The number of hydrogen-bond donors (Lipinski definition) is 1. The highest BCUT2D eigenvalue weighted by atomic mass is 16.6. The highest BCUT2D eigenvalue weighted by Crippen LogP contribution is 2.56. The first kappa shape index (κ1) is 12.0. The van der Waals surface area contributed by atoms with Crippen LogP contribution in [-0.4, -0.2) is 23.3 Å². The number of fused-ring (bicyclic) bond motifs is 3. The lowest BCUT2D eigenvalue weighted by atomic mass is 9.55. The Morgan fingerprint density at radius 1 is 1.56 bits per heavy atom. The standard InChI is InChI=1S/C15H20O3/c1-8-4-5-11(16)15(3)7-6-10-9(2)14(17)18-13(10)12(8)15/h4,10-13,16H,2,5-7H2,1,3H3/t10-,11+,12-,13+,15+/m1/s1. The maximum atomic E-state index is 11.7. The van der Waals surface area contributed by atoms with E-state index in [-0.39, 0.29) is 35.4 Å². The molecule has 2 aliphatic carbocycles. The molecule has 1 saturated carbocycles. The van der Waals surface area contributed by atoms with Gasteiger partial charge in [-0.25, -0.2) is 4.79 Å². The van der Waals surface area contributed by atoms with Crippen molar-refractivity contribution in [3.05, 3.63) is 23.8 Å². The second kappa shape index (κ2) is 3.70. The summed E-state index contributed by atoms with van der Waals surface area (Å²) in [6.07, 6.45) is 4.18. The Labute approximate surface area is 108 Å². The van der Waals surface area contributed by atoms with Crippen molar-refractivity contribution in [1.29, 1.82) is 0 Å². The molecule has 1 N–H and O–H groups in total. The molecule has 0 unspecified atom stereocenters. The Kier molecular flexibility index (Phi) is 2.46. The van der Waals surface area contributed by atoms with E-state index in [1.54, 1.807) is 0 Å². The van der Waals surface area contributed by atoms with Gasteiger partial charge in [0, 0.05) is 22.8 Å². The van der Waals surface area contributed by atoms with Gasteiger partial charge in [0.2, 0.25) is 0 Å². The zero-order valence-corrected chi connectivity index (χ0v) is 11.0. The highest BCUT2D eigenvalue weighted by molar-refractivity contribution is 5.91. The Morgan fingerprint density at radius 3 is 3.00 bits per heavy atom. The number of esters is 1. The average molecular weight is 248 g/mol. The molecule has 18 heavy (non-hydrogen) atoms. The van der Waals surface area contributed by atoms with E-state index >= 15 is 0 Å². The number of ether oxygens (including phenoxy) is 1. The van der Waals surface area contributed by atoms with E-state index in [1.165, 1.54) is 5.57 Å². The minimum absolute atomic E-state index is 0.116. The van der Waals surface area contributed by atoms with Crippen LogP contribution in [0.1, 0.15) is 33.1 Å². The van der Waals surface area contributed by atoms with Crippen molar-refractivity contribution in [2.75, 3.05) is 0 Å². The molecule has 1 heterocycles. The number of aliphatic hydroxyl groups is 1. The van der Waals surface area contributed by atoms with Crippen molar-refractivity contribution in [3.8, 4) is 0 Å². The zero-order valence-electron chi connectivity index (χ0n) is 11.0. The highest BCUT2D eigenvalue weighted by Gasteiger charge is 2.57. The van der Waals surface area contributed by atoms with Crippen molar-refractivity contribution in [1.82, 2.24) is 0 Å². The number of carbonyl (C=O) groups is 1. The Hall–Kier alpha value is -1.09. The van der Waals surface area contributed by atoms with Gasteiger partial charge in [-0.15, -0.1) is 0 Å². The van der Waals surface area contributed by atoms with Gasteiger partial charge in [-0.3, -0.25) is 0 Å². The number of aliphatic hydroxyl groups excluding tert-OH is 1. The molecular formula is C15H20O3. The Balaban J connectivity index is 2.03. The molecule has 0 aromatic heterocycles. The number of hydrogen-bond acceptors (Lipinski definition) is 3. The smallest absolute Gasteiger partial charge is 0.334 e. The maximum absolute atomic E-state index is 11.7. The first-order chi connectivity index (χ1) is 8.45. The van der Waals surface area contributed by atoms with Crippen LogP contribution < -0.4 is 0 Å². The normalized spacial score (nSPS) is 47.2. The van der Waals surface area contributed by atoms with E-state index in [4.69, 9.17) is 4.74 Å². The summed E-state index contributed by atoms with van der Waals surface area (Å²) >= 11 is 0. The third kappa shape index (κ3) is 1.37. The first-order valence-corrected chi connectivity index (χ1v) is 6.69. The zero-order chi connectivity index (χ0) is 13.1. The molecule has 5 atom stereocenters. The molecule has 0 aromatic carbocycles. The second-order valence-corrected chi connectivity index (χ2v) is 6.22. The summed E-state index contributed by atoms with van der Waals surface area (Å²) in [6.45, 7) is 8.09. The molecule has 3 nitrogen and oxygen atoms in total. The minimum Gasteiger partial charge on any atom is -0.458 e. The fourth-order valence-electron chi connectivity index (χ4n) is 4.11. The molecule has 98 valence electrons. The fraction of sp³-hybridized carbons (Fsp3) is 0.667. The molecule has 0 bridgehead atoms. The molecular weight excluding hydrogens is 228 g/mol. The molecule has 0 spiro atoms. The second-order valence-electron chi connectivity index (χ2n) is 6.22. The monoisotopic (exact) mass is 248 g/mol. The van der Waals surface area contributed by atoms with Crippen LogP contribution in [0.3, 0.4) is 0 Å². The van der Waals surface area contributed by atoms with E-state index in [9.17, 15) is 9.90 Å². The minimum atomic E-state index is -0.334. The van der Waals surface area contributed by atoms with Crippen molar-refractivity contribution in [2.24, 2.45) is 17.3 Å². The summed E-state index contributed by atoms with van der Waals surface area (Å²) < 4.78 is 5.54. The topological polar surface area (TPSA) is 46.5 Å².